The van der Waals surface area contributed by atoms with Gasteiger partial charge >= 0.3 is 5.97 Å². The van der Waals surface area contributed by atoms with Crippen LogP contribution in [0.5, 0.6) is 5.75 Å². The van der Waals surface area contributed by atoms with Gasteiger partial charge in [0.15, 0.2) is 0 Å². The highest BCUT2D eigenvalue weighted by atomic mass is 16.5. The van der Waals surface area contributed by atoms with E-state index in [0.29, 0.717) is 11.4 Å². The molecule has 0 spiro atoms. The molecule has 0 saturated heterocycles. The van der Waals surface area contributed by atoms with Gasteiger partial charge in [0.05, 0.1) is 0 Å². The largest absolute Gasteiger partial charge is 0.427 e. The van der Waals surface area contributed by atoms with Crippen LogP contribution < -0.4 is 15.4 Å². The first-order chi connectivity index (χ1) is 8.93. The Morgan fingerprint density at radius 3 is 2.53 bits per heavy atom. The molecule has 6 nitrogen and oxygen atoms in total. The minimum absolute atomic E-state index is 0.212. The molecule has 0 fully saturated rings. The van der Waals surface area contributed by atoms with Crippen molar-refractivity contribution >= 4 is 23.5 Å². The van der Waals surface area contributed by atoms with Gasteiger partial charge in [-0.2, -0.15) is 0 Å². The first-order valence-corrected chi connectivity index (χ1v) is 5.81. The molecular weight excluding hydrogens is 248 g/mol. The number of carbonyl (C=O) groups is 3. The van der Waals surface area contributed by atoms with Gasteiger partial charge in [-0.25, -0.2) is 0 Å². The normalized spacial score (nSPS) is 9.79. The maximum absolute atomic E-state index is 11.8. The van der Waals surface area contributed by atoms with Gasteiger partial charge < -0.3 is 15.4 Å². The molecule has 0 aliphatic rings. The summed E-state index contributed by atoms with van der Waals surface area (Å²) in [5.74, 6) is -0.998. The summed E-state index contributed by atoms with van der Waals surface area (Å²) >= 11 is 0. The van der Waals surface area contributed by atoms with Crippen LogP contribution in [-0.4, -0.2) is 24.3 Å². The summed E-state index contributed by atoms with van der Waals surface area (Å²) < 4.78 is 4.93. The maximum atomic E-state index is 11.8. The van der Waals surface area contributed by atoms with Crippen molar-refractivity contribution in [3.8, 4) is 5.75 Å². The van der Waals surface area contributed by atoms with E-state index < -0.39 is 11.9 Å². The molecule has 0 saturated carbocycles. The molecule has 1 aromatic carbocycles. The zero-order chi connectivity index (χ0) is 14.4. The topological polar surface area (TPSA) is 89.7 Å². The van der Waals surface area contributed by atoms with E-state index in [0.717, 1.165) is 0 Å². The van der Waals surface area contributed by atoms with Gasteiger partial charge in [-0.15, -0.1) is 0 Å². The van der Waals surface area contributed by atoms with Gasteiger partial charge in [-0.3, -0.25) is 14.4 Å². The Kier molecular flexibility index (Phi) is 5.05. The van der Waals surface area contributed by atoms with Gasteiger partial charge in [0.1, 0.15) is 12.3 Å². The zero-order valence-electron chi connectivity index (χ0n) is 10.9. The van der Waals surface area contributed by atoms with Gasteiger partial charge in [0.2, 0.25) is 11.8 Å². The van der Waals surface area contributed by atoms with E-state index in [9.17, 15) is 14.4 Å². The highest BCUT2D eigenvalue weighted by Gasteiger charge is 2.16. The molecule has 0 bridgehead atoms. The summed E-state index contributed by atoms with van der Waals surface area (Å²) in [6.45, 7) is 2.76. The van der Waals surface area contributed by atoms with Crippen LogP contribution in [0.1, 0.15) is 20.3 Å². The third-order valence-corrected chi connectivity index (χ3v) is 2.31. The minimum Gasteiger partial charge on any atom is -0.427 e. The molecule has 2 amide bonds. The number of nitrogens with zero attached hydrogens (tertiary/aromatic N) is 1. The molecule has 0 aliphatic carbocycles. The second kappa shape index (κ2) is 6.53. The SMILES string of the molecule is CCC(=O)N(CC(N)=O)c1cccc(OC(C)=O)c1. The second-order valence-corrected chi connectivity index (χ2v) is 3.89. The lowest BCUT2D eigenvalue weighted by atomic mass is 10.2. The van der Waals surface area contributed by atoms with Crippen molar-refractivity contribution in [2.75, 3.05) is 11.4 Å². The first-order valence-electron chi connectivity index (χ1n) is 5.81. The molecule has 0 radical (unpaired) electrons. The van der Waals surface area contributed by atoms with E-state index in [1.54, 1.807) is 25.1 Å². The van der Waals surface area contributed by atoms with Crippen LogP contribution in [0.25, 0.3) is 0 Å². The zero-order valence-corrected chi connectivity index (χ0v) is 10.9. The Balaban J connectivity index is 3.04. The van der Waals surface area contributed by atoms with Crippen molar-refractivity contribution in [1.82, 2.24) is 0 Å². The van der Waals surface area contributed by atoms with Crippen molar-refractivity contribution in [3.63, 3.8) is 0 Å². The summed E-state index contributed by atoms with van der Waals surface area (Å²) in [6.07, 6.45) is 0.241. The molecule has 0 atom stereocenters. The summed E-state index contributed by atoms with van der Waals surface area (Å²) in [4.78, 5) is 34.9. The predicted octanol–water partition coefficient (Wildman–Crippen LogP) is 0.840. The fourth-order valence-electron chi connectivity index (χ4n) is 1.55. The molecule has 19 heavy (non-hydrogen) atoms. The lowest BCUT2D eigenvalue weighted by molar-refractivity contribution is -0.131. The lowest BCUT2D eigenvalue weighted by Crippen LogP contribution is -2.38. The molecule has 0 heterocycles. The highest BCUT2D eigenvalue weighted by molar-refractivity contribution is 5.98. The van der Waals surface area contributed by atoms with Crippen molar-refractivity contribution in [3.05, 3.63) is 24.3 Å². The molecule has 102 valence electrons. The van der Waals surface area contributed by atoms with E-state index in [2.05, 4.69) is 0 Å². The van der Waals surface area contributed by atoms with Crippen LogP contribution in [0.4, 0.5) is 5.69 Å². The Morgan fingerprint density at radius 1 is 1.32 bits per heavy atom. The summed E-state index contributed by atoms with van der Waals surface area (Å²) in [5.41, 5.74) is 5.59. The van der Waals surface area contributed by atoms with Crippen LogP contribution in [0.3, 0.4) is 0 Å². The molecule has 0 unspecified atom stereocenters. The molecule has 1 aromatic rings. The van der Waals surface area contributed by atoms with E-state index >= 15 is 0 Å². The second-order valence-electron chi connectivity index (χ2n) is 3.89. The number of anilines is 1. The van der Waals surface area contributed by atoms with E-state index in [-0.39, 0.29) is 18.9 Å². The summed E-state index contributed by atoms with van der Waals surface area (Å²) in [7, 11) is 0. The van der Waals surface area contributed by atoms with E-state index in [4.69, 9.17) is 10.5 Å². The number of nitrogens with two attached hydrogens (primary N) is 1. The quantitative estimate of drug-likeness (QED) is 0.630. The average molecular weight is 264 g/mol. The number of benzene rings is 1. The Morgan fingerprint density at radius 2 is 2.00 bits per heavy atom. The lowest BCUT2D eigenvalue weighted by Gasteiger charge is -2.21. The van der Waals surface area contributed by atoms with Gasteiger partial charge in [0, 0.05) is 25.1 Å². The Labute approximate surface area is 111 Å². The predicted molar refractivity (Wildman–Crippen MR) is 69.6 cm³/mol. The fourth-order valence-corrected chi connectivity index (χ4v) is 1.55. The third kappa shape index (κ3) is 4.42. The van der Waals surface area contributed by atoms with Crippen molar-refractivity contribution in [1.29, 1.82) is 0 Å². The molecule has 0 aromatic heterocycles. The molecular formula is C13H16N2O4. The fraction of sp³-hybridized carbons (Fsp3) is 0.308. The van der Waals surface area contributed by atoms with Crippen LogP contribution in [0, 0.1) is 0 Å². The van der Waals surface area contributed by atoms with Gasteiger partial charge in [0.25, 0.3) is 0 Å². The molecule has 1 rings (SSSR count). The van der Waals surface area contributed by atoms with Gasteiger partial charge in [-0.05, 0) is 12.1 Å². The number of esters is 1. The third-order valence-electron chi connectivity index (χ3n) is 2.31. The number of rotatable bonds is 5. The monoisotopic (exact) mass is 264 g/mol. The number of carbonyl (C=O) groups excluding carboxylic acids is 3. The smallest absolute Gasteiger partial charge is 0.308 e. The number of hydrogen-bond acceptors (Lipinski definition) is 4. The highest BCUT2D eigenvalue weighted by Crippen LogP contribution is 2.22. The molecule has 0 aliphatic heterocycles. The standard InChI is InChI=1S/C13H16N2O4/c1-3-13(18)15(8-12(14)17)10-5-4-6-11(7-10)19-9(2)16/h4-7H,3,8H2,1-2H3,(H2,14,17). The minimum atomic E-state index is -0.611. The van der Waals surface area contributed by atoms with Crippen LogP contribution in [0.15, 0.2) is 24.3 Å². The Hall–Kier alpha value is -2.37. The summed E-state index contributed by atoms with van der Waals surface area (Å²) in [5, 5.41) is 0. The molecule has 6 heteroatoms. The van der Waals surface area contributed by atoms with Crippen molar-refractivity contribution in [2.24, 2.45) is 5.73 Å². The van der Waals surface area contributed by atoms with Gasteiger partial charge in [-0.1, -0.05) is 13.0 Å². The summed E-state index contributed by atoms with van der Waals surface area (Å²) in [6, 6.07) is 6.37. The molecule has 2 N–H and O–H groups in total. The number of amides is 2. The first kappa shape index (κ1) is 14.7. The van der Waals surface area contributed by atoms with Crippen LogP contribution in [0.2, 0.25) is 0 Å². The number of ether oxygens (including phenoxy) is 1. The average Bonchev–Trinajstić information content (AvgIpc) is 2.34. The Bertz CT molecular complexity index is 499. The van der Waals surface area contributed by atoms with Crippen molar-refractivity contribution < 1.29 is 19.1 Å². The van der Waals surface area contributed by atoms with E-state index in [1.807, 2.05) is 0 Å². The van der Waals surface area contributed by atoms with Crippen LogP contribution in [-0.2, 0) is 14.4 Å². The van der Waals surface area contributed by atoms with E-state index in [1.165, 1.54) is 17.9 Å². The number of hydrogen-bond donors (Lipinski definition) is 1. The van der Waals surface area contributed by atoms with Crippen molar-refractivity contribution in [2.45, 2.75) is 20.3 Å². The number of primary amides is 1. The maximum Gasteiger partial charge on any atom is 0.308 e. The van der Waals surface area contributed by atoms with Crippen LogP contribution >= 0.6 is 0 Å².